The van der Waals surface area contributed by atoms with E-state index in [2.05, 4.69) is 16.6 Å². The molecule has 2 fully saturated rings. The quantitative estimate of drug-likeness (QED) is 0.337. The van der Waals surface area contributed by atoms with Gasteiger partial charge in [0.25, 0.3) is 15.9 Å². The van der Waals surface area contributed by atoms with Gasteiger partial charge in [0.2, 0.25) is 5.91 Å². The number of benzene rings is 2. The Morgan fingerprint density at radius 3 is 2.40 bits per heavy atom. The van der Waals surface area contributed by atoms with Crippen LogP contribution in [0.3, 0.4) is 0 Å². The van der Waals surface area contributed by atoms with Crippen LogP contribution in [0.15, 0.2) is 72.1 Å². The second-order valence-corrected chi connectivity index (χ2v) is 13.9. The van der Waals surface area contributed by atoms with E-state index >= 15 is 0 Å². The van der Waals surface area contributed by atoms with Crippen LogP contribution in [-0.2, 0) is 31.0 Å². The second kappa shape index (κ2) is 13.2. The molecule has 0 aromatic heterocycles. The Labute approximate surface area is 253 Å². The van der Waals surface area contributed by atoms with Gasteiger partial charge >= 0.3 is 6.09 Å². The van der Waals surface area contributed by atoms with E-state index < -0.39 is 45.0 Å². The van der Waals surface area contributed by atoms with Crippen LogP contribution in [-0.4, -0.2) is 55.5 Å². The number of hydrogen-bond acceptors (Lipinski definition) is 7. The summed E-state index contributed by atoms with van der Waals surface area (Å²) in [5.74, 6) is -1.35. The predicted octanol–water partition coefficient (Wildman–Crippen LogP) is 4.56. The molecular weight excluding hydrogens is 570 g/mol. The first-order valence-electron chi connectivity index (χ1n) is 14.6. The summed E-state index contributed by atoms with van der Waals surface area (Å²) in [6, 6.07) is 15.3. The molecule has 0 spiro atoms. The van der Waals surface area contributed by atoms with Gasteiger partial charge < -0.3 is 14.8 Å². The summed E-state index contributed by atoms with van der Waals surface area (Å²) >= 11 is 0. The molecule has 232 valence electrons. The Kier molecular flexibility index (Phi) is 9.84. The fourth-order valence-electron chi connectivity index (χ4n) is 5.27. The lowest BCUT2D eigenvalue weighted by Gasteiger charge is -2.29. The van der Waals surface area contributed by atoms with Crippen molar-refractivity contribution in [1.82, 2.24) is 14.9 Å². The summed E-state index contributed by atoms with van der Waals surface area (Å²) < 4.78 is 39.8. The van der Waals surface area contributed by atoms with Gasteiger partial charge in [-0.3, -0.25) is 14.5 Å². The molecule has 0 bridgehead atoms. The molecule has 3 amide bonds. The van der Waals surface area contributed by atoms with Crippen LogP contribution in [0.2, 0.25) is 0 Å². The summed E-state index contributed by atoms with van der Waals surface area (Å²) in [6.07, 6.45) is 5.14. The number of hydrogen-bond donors (Lipinski definition) is 2. The van der Waals surface area contributed by atoms with Crippen LogP contribution >= 0.6 is 0 Å². The molecule has 2 aliphatic carbocycles. The van der Waals surface area contributed by atoms with Gasteiger partial charge in [-0.1, -0.05) is 55.3 Å². The lowest BCUT2D eigenvalue weighted by molar-refractivity contribution is -0.129. The van der Waals surface area contributed by atoms with Crippen LogP contribution in [0.4, 0.5) is 4.79 Å². The van der Waals surface area contributed by atoms with Crippen LogP contribution in [0.5, 0.6) is 5.75 Å². The van der Waals surface area contributed by atoms with Gasteiger partial charge in [0.05, 0.1) is 4.90 Å². The molecule has 10 nitrogen and oxygen atoms in total. The van der Waals surface area contributed by atoms with Crippen molar-refractivity contribution in [3.8, 4) is 5.75 Å². The van der Waals surface area contributed by atoms with Crippen LogP contribution in [0.1, 0.15) is 58.4 Å². The van der Waals surface area contributed by atoms with E-state index in [0.717, 1.165) is 31.2 Å². The average Bonchev–Trinajstić information content (AvgIpc) is 3.42. The van der Waals surface area contributed by atoms with E-state index in [1.165, 1.54) is 29.2 Å². The van der Waals surface area contributed by atoms with Crippen molar-refractivity contribution in [2.24, 2.45) is 11.8 Å². The maximum absolute atomic E-state index is 13.4. The number of carbonyl (C=O) groups excluding carboxylic acids is 3. The van der Waals surface area contributed by atoms with Crippen LogP contribution in [0, 0.1) is 11.8 Å². The Bertz CT molecular complexity index is 1430. The summed E-state index contributed by atoms with van der Waals surface area (Å²) in [4.78, 5) is 40.8. The Morgan fingerprint density at radius 1 is 1.07 bits per heavy atom. The first-order chi connectivity index (χ1) is 20.3. The Balaban J connectivity index is 1.43. The van der Waals surface area contributed by atoms with Gasteiger partial charge in [-0.2, -0.15) is 0 Å². The lowest BCUT2D eigenvalue weighted by Crippen LogP contribution is -2.54. The minimum Gasteiger partial charge on any atom is -0.489 e. The summed E-state index contributed by atoms with van der Waals surface area (Å²) in [5.41, 5.74) is -1.33. The largest absolute Gasteiger partial charge is 0.489 e. The molecule has 0 aliphatic heterocycles. The number of nitrogens with one attached hydrogen (secondary N) is 2. The summed E-state index contributed by atoms with van der Waals surface area (Å²) in [5, 5.41) is 2.70. The third-order valence-corrected chi connectivity index (χ3v) is 8.93. The average molecular weight is 612 g/mol. The van der Waals surface area contributed by atoms with Gasteiger partial charge in [0, 0.05) is 18.5 Å². The number of amides is 3. The fourth-order valence-corrected chi connectivity index (χ4v) is 6.35. The number of sulfonamides is 1. The number of ether oxygens (including phenoxy) is 2. The summed E-state index contributed by atoms with van der Waals surface area (Å²) in [6.45, 7) is 9.28. The topological polar surface area (TPSA) is 131 Å². The zero-order valence-corrected chi connectivity index (χ0v) is 25.8. The summed E-state index contributed by atoms with van der Waals surface area (Å²) in [7, 11) is -4.30. The molecule has 4 rings (SSSR count). The standard InChI is InChI=1S/C32H41N3O7S/c1-5-25-19-32(25,33-28(36)21-35(20-23-12-9-10-13-23)30(38)42-31(2,3)4)29(37)34-43(39,40)27-17-11-16-26(18-27)41-22-24-14-7-6-8-15-24/h5-8,11,14-18,23,25H,1,9-10,12-13,19-22H2,2-4H3,(H,33,36)(H,34,37). The first kappa shape index (κ1) is 32.1. The highest BCUT2D eigenvalue weighted by Gasteiger charge is 2.60. The maximum atomic E-state index is 13.4. The first-order valence-corrected chi connectivity index (χ1v) is 16.1. The number of nitrogens with zero attached hydrogens (tertiary/aromatic N) is 1. The normalized spacial score (nSPS) is 20.1. The van der Waals surface area contributed by atoms with E-state index in [1.807, 2.05) is 30.3 Å². The van der Waals surface area contributed by atoms with Crippen LogP contribution in [0.25, 0.3) is 0 Å². The van der Waals surface area contributed by atoms with Crippen molar-refractivity contribution in [2.75, 3.05) is 13.1 Å². The second-order valence-electron chi connectivity index (χ2n) is 12.3. The third-order valence-electron chi connectivity index (χ3n) is 7.60. The minimum atomic E-state index is -4.30. The molecule has 2 atom stereocenters. The van der Waals surface area contributed by atoms with Crippen molar-refractivity contribution >= 4 is 27.9 Å². The number of carbonyl (C=O) groups is 3. The van der Waals surface area contributed by atoms with E-state index in [4.69, 9.17) is 9.47 Å². The van der Waals surface area contributed by atoms with Crippen molar-refractivity contribution in [2.45, 2.75) is 75.5 Å². The Hall–Kier alpha value is -3.86. The van der Waals surface area contributed by atoms with Crippen LogP contribution < -0.4 is 14.8 Å². The van der Waals surface area contributed by atoms with Crippen molar-refractivity contribution in [3.05, 3.63) is 72.8 Å². The van der Waals surface area contributed by atoms with Crippen molar-refractivity contribution in [3.63, 3.8) is 0 Å². The van der Waals surface area contributed by atoms with Crippen molar-refractivity contribution in [1.29, 1.82) is 0 Å². The zero-order chi connectivity index (χ0) is 31.3. The van der Waals surface area contributed by atoms with E-state index in [-0.39, 0.29) is 30.4 Å². The van der Waals surface area contributed by atoms with Gasteiger partial charge in [0.15, 0.2) is 0 Å². The Morgan fingerprint density at radius 2 is 1.77 bits per heavy atom. The molecule has 2 unspecified atom stereocenters. The molecule has 0 radical (unpaired) electrons. The van der Waals surface area contributed by atoms with Gasteiger partial charge in [-0.25, -0.2) is 17.9 Å². The highest BCUT2D eigenvalue weighted by molar-refractivity contribution is 7.90. The maximum Gasteiger partial charge on any atom is 0.410 e. The zero-order valence-electron chi connectivity index (χ0n) is 25.0. The number of rotatable bonds is 12. The molecule has 2 saturated carbocycles. The fraction of sp³-hybridized carbons (Fsp3) is 0.469. The van der Waals surface area contributed by atoms with Gasteiger partial charge in [0.1, 0.15) is 30.0 Å². The SMILES string of the molecule is C=CC1CC1(NC(=O)CN(CC1CCCC1)C(=O)OC(C)(C)C)C(=O)NS(=O)(=O)c1cccc(OCc2ccccc2)c1. The monoisotopic (exact) mass is 611 g/mol. The highest BCUT2D eigenvalue weighted by Crippen LogP contribution is 2.45. The molecule has 0 heterocycles. The van der Waals surface area contributed by atoms with E-state index in [0.29, 0.717) is 12.3 Å². The molecule has 43 heavy (non-hydrogen) atoms. The molecule has 2 aromatic carbocycles. The predicted molar refractivity (Wildman–Crippen MR) is 161 cm³/mol. The third kappa shape index (κ3) is 8.59. The molecule has 2 N–H and O–H groups in total. The highest BCUT2D eigenvalue weighted by atomic mass is 32.2. The molecule has 0 saturated heterocycles. The lowest BCUT2D eigenvalue weighted by atomic mass is 10.1. The smallest absolute Gasteiger partial charge is 0.410 e. The van der Waals surface area contributed by atoms with E-state index in [9.17, 15) is 22.8 Å². The molecule has 2 aromatic rings. The molecular formula is C32H41N3O7S. The van der Waals surface area contributed by atoms with Crippen molar-refractivity contribution < 1.29 is 32.3 Å². The molecule has 11 heteroatoms. The molecule has 2 aliphatic rings. The van der Waals surface area contributed by atoms with Gasteiger partial charge in [-0.05, 0) is 63.6 Å². The minimum absolute atomic E-state index is 0.156. The van der Waals surface area contributed by atoms with Gasteiger partial charge in [-0.15, -0.1) is 6.58 Å². The van der Waals surface area contributed by atoms with E-state index in [1.54, 1.807) is 26.8 Å².